The predicted molar refractivity (Wildman–Crippen MR) is 124 cm³/mol. The fourth-order valence-corrected chi connectivity index (χ4v) is 9.38. The van der Waals surface area contributed by atoms with Crippen molar-refractivity contribution in [3.8, 4) is 0 Å². The van der Waals surface area contributed by atoms with E-state index < -0.39 is 15.1 Å². The Morgan fingerprint density at radius 2 is 0.677 bits per heavy atom. The molecule has 6 fully saturated rings. The highest BCUT2D eigenvalue weighted by Crippen LogP contribution is 2.58. The Kier molecular flexibility index (Phi) is 5.64. The van der Waals surface area contributed by atoms with Gasteiger partial charge in [0.25, 0.3) is 0 Å². The van der Waals surface area contributed by atoms with Gasteiger partial charge in [-0.25, -0.2) is 0 Å². The topological polar surface area (TPSA) is 27.7 Å². The van der Waals surface area contributed by atoms with E-state index in [0.29, 0.717) is 18.3 Å². The van der Waals surface area contributed by atoms with Crippen LogP contribution >= 0.6 is 0 Å². The maximum absolute atomic E-state index is 7.05. The van der Waals surface area contributed by atoms with E-state index in [1.165, 1.54) is 38.5 Å². The standard InChI is InChI=1S/3C9H15O.Al/c3*1-5-6(2)8(5)9(10)7-3-4-7;/h3*5-9H,3-4H2,1-2H3;/q3*-1;+3. The monoisotopic (exact) mass is 444 g/mol. The molecule has 6 aliphatic carbocycles. The quantitative estimate of drug-likeness (QED) is 0.342. The van der Waals surface area contributed by atoms with Gasteiger partial charge in [0, 0.05) is 18.3 Å². The number of rotatable bonds is 12. The minimum absolute atomic E-state index is 0.407. The molecule has 0 aromatic rings. The molecule has 0 aliphatic heterocycles. The van der Waals surface area contributed by atoms with Gasteiger partial charge in [0.15, 0.2) is 0 Å². The van der Waals surface area contributed by atoms with Gasteiger partial charge < -0.3 is 11.4 Å². The van der Waals surface area contributed by atoms with Crippen LogP contribution < -0.4 is 0 Å². The number of hydrogen-bond donors (Lipinski definition) is 0. The normalized spacial score (nSPS) is 48.8. The summed E-state index contributed by atoms with van der Waals surface area (Å²) in [5.41, 5.74) is 0. The highest BCUT2D eigenvalue weighted by atomic mass is 27.3. The van der Waals surface area contributed by atoms with E-state index in [0.717, 1.165) is 71.0 Å². The van der Waals surface area contributed by atoms with Gasteiger partial charge in [-0.2, -0.15) is 0 Å². The zero-order chi connectivity index (χ0) is 21.6. The van der Waals surface area contributed by atoms with E-state index in [-0.39, 0.29) is 0 Å². The zero-order valence-corrected chi connectivity index (χ0v) is 21.9. The molecule has 0 saturated heterocycles. The third kappa shape index (κ3) is 4.32. The van der Waals surface area contributed by atoms with Crippen LogP contribution in [0.4, 0.5) is 0 Å². The molecule has 31 heavy (non-hydrogen) atoms. The van der Waals surface area contributed by atoms with Crippen molar-refractivity contribution in [1.82, 2.24) is 0 Å². The van der Waals surface area contributed by atoms with Gasteiger partial charge in [0.1, 0.15) is 0 Å². The van der Waals surface area contributed by atoms with E-state index in [1.54, 1.807) is 0 Å². The average molecular weight is 445 g/mol. The molecule has 0 bridgehead atoms. The summed E-state index contributed by atoms with van der Waals surface area (Å²) in [7, 11) is 0. The van der Waals surface area contributed by atoms with Crippen LogP contribution in [0.25, 0.3) is 0 Å². The minimum Gasteiger partial charge on any atom is -0.451 e. The lowest BCUT2D eigenvalue weighted by Crippen LogP contribution is -2.43. The molecule has 0 aromatic carbocycles. The van der Waals surface area contributed by atoms with Crippen molar-refractivity contribution in [3.63, 3.8) is 0 Å². The second-order valence-electron chi connectivity index (χ2n) is 13.0. The van der Waals surface area contributed by atoms with Gasteiger partial charge in [-0.15, -0.1) is 0 Å². The van der Waals surface area contributed by atoms with E-state index in [2.05, 4.69) is 41.5 Å². The molecule has 9 atom stereocenters. The summed E-state index contributed by atoms with van der Waals surface area (Å²) in [6.45, 7) is 14.5. The van der Waals surface area contributed by atoms with Crippen LogP contribution in [0.3, 0.4) is 0 Å². The van der Waals surface area contributed by atoms with E-state index in [4.69, 9.17) is 11.4 Å². The number of hydrogen-bond acceptors (Lipinski definition) is 3. The maximum Gasteiger partial charge on any atom is 0.906 e. The average Bonchev–Trinajstić information content (AvgIpc) is 3.56. The molecule has 4 heteroatoms. The van der Waals surface area contributed by atoms with Crippen LogP contribution in [0, 0.1) is 71.0 Å². The van der Waals surface area contributed by atoms with Gasteiger partial charge in [0.05, 0.1) is 0 Å². The van der Waals surface area contributed by atoms with Gasteiger partial charge >= 0.3 is 15.1 Å². The lowest BCUT2D eigenvalue weighted by Gasteiger charge is -2.30. The van der Waals surface area contributed by atoms with Crippen LogP contribution in [0.2, 0.25) is 0 Å². The summed E-state index contributed by atoms with van der Waals surface area (Å²) < 4.78 is 21.1. The summed E-state index contributed by atoms with van der Waals surface area (Å²) in [6.07, 6.45) is 9.35. The third-order valence-corrected chi connectivity index (χ3v) is 12.5. The van der Waals surface area contributed by atoms with Crippen molar-refractivity contribution < 1.29 is 11.4 Å². The second-order valence-corrected chi connectivity index (χ2v) is 14.4. The van der Waals surface area contributed by atoms with Crippen molar-refractivity contribution >= 4 is 15.1 Å². The lowest BCUT2D eigenvalue weighted by atomic mass is 10.1. The Labute approximate surface area is 195 Å². The Morgan fingerprint density at radius 1 is 0.452 bits per heavy atom. The Hall–Kier alpha value is 0.412. The molecular formula is C27H45AlO3. The Balaban J connectivity index is 1.20. The molecule has 3 nitrogen and oxygen atoms in total. The summed E-state index contributed by atoms with van der Waals surface area (Å²) in [5.74, 6) is 9.41. The minimum atomic E-state index is -2.17. The van der Waals surface area contributed by atoms with Crippen LogP contribution in [0.1, 0.15) is 80.1 Å². The molecule has 0 heterocycles. The van der Waals surface area contributed by atoms with Gasteiger partial charge in [-0.3, -0.25) is 0 Å². The molecule has 6 saturated carbocycles. The summed E-state index contributed by atoms with van der Waals surface area (Å²) in [6, 6.07) is 0. The van der Waals surface area contributed by atoms with E-state index in [9.17, 15) is 0 Å². The van der Waals surface area contributed by atoms with Crippen molar-refractivity contribution in [1.29, 1.82) is 0 Å². The largest absolute Gasteiger partial charge is 0.906 e. The smallest absolute Gasteiger partial charge is 0.451 e. The summed E-state index contributed by atoms with van der Waals surface area (Å²) in [4.78, 5) is 0. The summed E-state index contributed by atoms with van der Waals surface area (Å²) in [5, 5.41) is 0. The first-order valence-corrected chi connectivity index (χ1v) is 15.2. The van der Waals surface area contributed by atoms with E-state index >= 15 is 0 Å². The van der Waals surface area contributed by atoms with Crippen molar-refractivity contribution in [2.75, 3.05) is 0 Å². The molecule has 174 valence electrons. The molecule has 6 aliphatic rings. The van der Waals surface area contributed by atoms with Gasteiger partial charge in [-0.1, -0.05) is 41.5 Å². The lowest BCUT2D eigenvalue weighted by molar-refractivity contribution is -0.0275. The molecular weight excluding hydrogens is 399 g/mol. The molecule has 0 radical (unpaired) electrons. The predicted octanol–water partition coefficient (Wildman–Crippen LogP) is 6.06. The van der Waals surface area contributed by atoms with E-state index in [1.807, 2.05) is 0 Å². The molecule has 0 amide bonds. The molecule has 0 aromatic heterocycles. The van der Waals surface area contributed by atoms with Crippen LogP contribution in [0.5, 0.6) is 0 Å². The van der Waals surface area contributed by atoms with Crippen molar-refractivity contribution in [2.24, 2.45) is 71.0 Å². The second kappa shape index (κ2) is 7.98. The maximum atomic E-state index is 7.05. The van der Waals surface area contributed by atoms with Crippen molar-refractivity contribution in [3.05, 3.63) is 0 Å². The molecule has 0 N–H and O–H groups in total. The van der Waals surface area contributed by atoms with Crippen LogP contribution in [0.15, 0.2) is 0 Å². The van der Waals surface area contributed by atoms with Gasteiger partial charge in [0.2, 0.25) is 0 Å². The van der Waals surface area contributed by atoms with Crippen LogP contribution in [-0.4, -0.2) is 33.5 Å². The Morgan fingerprint density at radius 3 is 0.839 bits per heavy atom. The zero-order valence-electron chi connectivity index (χ0n) is 20.7. The van der Waals surface area contributed by atoms with Crippen molar-refractivity contribution in [2.45, 2.75) is 98.4 Å². The molecule has 9 unspecified atom stereocenters. The highest BCUT2D eigenvalue weighted by molar-refractivity contribution is 6.36. The molecule has 0 spiro atoms. The first-order chi connectivity index (χ1) is 14.9. The third-order valence-electron chi connectivity index (χ3n) is 10.9. The first-order valence-electron chi connectivity index (χ1n) is 13.8. The highest BCUT2D eigenvalue weighted by Gasteiger charge is 2.61. The fraction of sp³-hybridized carbons (Fsp3) is 1.00. The Bertz CT molecular complexity index is 559. The first kappa shape index (κ1) is 21.9. The summed E-state index contributed by atoms with van der Waals surface area (Å²) >= 11 is -2.17. The SMILES string of the molecule is CC1C(C)C1C([O][Al]([O]C(C1CC1)C1C(C)C1C)[O]C(C1CC1)C1C(C)C1C)C1CC1. The molecule has 6 rings (SSSR count). The van der Waals surface area contributed by atoms with Crippen LogP contribution in [-0.2, 0) is 11.4 Å². The fourth-order valence-electron chi connectivity index (χ4n) is 7.20. The van der Waals surface area contributed by atoms with Gasteiger partial charge in [-0.05, 0) is 110 Å².